The van der Waals surface area contributed by atoms with Crippen molar-refractivity contribution in [1.82, 2.24) is 4.98 Å². The molecule has 7 heteroatoms. The number of amides is 1. The lowest BCUT2D eigenvalue weighted by atomic mass is 10.2. The molecule has 0 bridgehead atoms. The second kappa shape index (κ2) is 6.76. The predicted octanol–water partition coefficient (Wildman–Crippen LogP) is 2.27. The number of morpholine rings is 1. The summed E-state index contributed by atoms with van der Waals surface area (Å²) < 4.78 is 5.35. The maximum absolute atomic E-state index is 12.1. The Morgan fingerprint density at radius 2 is 2.00 bits per heavy atom. The van der Waals surface area contributed by atoms with Crippen molar-refractivity contribution in [3.63, 3.8) is 0 Å². The Kier molecular flexibility index (Phi) is 4.55. The van der Waals surface area contributed by atoms with E-state index in [1.807, 2.05) is 24.3 Å². The van der Waals surface area contributed by atoms with Crippen LogP contribution in [0.3, 0.4) is 0 Å². The van der Waals surface area contributed by atoms with E-state index in [1.165, 1.54) is 11.3 Å². The SMILES string of the molecule is CNc1ncc(C(=O)Nc2ccc(N3CCOCC3)cc2)s1. The first-order valence-electron chi connectivity index (χ1n) is 7.14. The van der Waals surface area contributed by atoms with Crippen LogP contribution in [-0.2, 0) is 4.74 Å². The zero-order valence-corrected chi connectivity index (χ0v) is 13.2. The van der Waals surface area contributed by atoms with Crippen molar-refractivity contribution in [1.29, 1.82) is 0 Å². The van der Waals surface area contributed by atoms with Crippen molar-refractivity contribution < 1.29 is 9.53 Å². The quantitative estimate of drug-likeness (QED) is 0.905. The highest BCUT2D eigenvalue weighted by molar-refractivity contribution is 7.17. The molecule has 1 aromatic carbocycles. The van der Waals surface area contributed by atoms with E-state index in [9.17, 15) is 4.79 Å². The average molecular weight is 318 g/mol. The summed E-state index contributed by atoms with van der Waals surface area (Å²) in [6.07, 6.45) is 1.58. The molecule has 1 aliphatic rings. The minimum absolute atomic E-state index is 0.141. The van der Waals surface area contributed by atoms with Crippen LogP contribution >= 0.6 is 11.3 Å². The molecule has 1 amide bonds. The third-order valence-electron chi connectivity index (χ3n) is 3.44. The van der Waals surface area contributed by atoms with Crippen molar-refractivity contribution in [2.75, 3.05) is 48.9 Å². The number of aromatic nitrogens is 1. The Hall–Kier alpha value is -2.12. The van der Waals surface area contributed by atoms with Gasteiger partial charge in [-0.15, -0.1) is 0 Å². The van der Waals surface area contributed by atoms with E-state index in [0.29, 0.717) is 4.88 Å². The van der Waals surface area contributed by atoms with Crippen molar-refractivity contribution >= 4 is 33.8 Å². The van der Waals surface area contributed by atoms with Crippen LogP contribution in [0.1, 0.15) is 9.67 Å². The number of hydrogen-bond acceptors (Lipinski definition) is 6. The third-order valence-corrected chi connectivity index (χ3v) is 4.46. The van der Waals surface area contributed by atoms with Gasteiger partial charge in [0.25, 0.3) is 5.91 Å². The maximum Gasteiger partial charge on any atom is 0.267 e. The zero-order valence-electron chi connectivity index (χ0n) is 12.3. The van der Waals surface area contributed by atoms with E-state index in [4.69, 9.17) is 4.74 Å². The molecule has 2 N–H and O–H groups in total. The van der Waals surface area contributed by atoms with Gasteiger partial charge in [-0.05, 0) is 24.3 Å². The molecule has 0 atom stereocenters. The molecular weight excluding hydrogens is 300 g/mol. The number of ether oxygens (including phenoxy) is 1. The van der Waals surface area contributed by atoms with Crippen LogP contribution in [0.25, 0.3) is 0 Å². The van der Waals surface area contributed by atoms with Crippen LogP contribution in [0.5, 0.6) is 0 Å². The molecule has 0 unspecified atom stereocenters. The van der Waals surface area contributed by atoms with Gasteiger partial charge in [-0.25, -0.2) is 4.98 Å². The minimum atomic E-state index is -0.141. The topological polar surface area (TPSA) is 66.5 Å². The first kappa shape index (κ1) is 14.8. The summed E-state index contributed by atoms with van der Waals surface area (Å²) in [6, 6.07) is 7.88. The van der Waals surface area contributed by atoms with Crippen molar-refractivity contribution in [3.8, 4) is 0 Å². The first-order valence-corrected chi connectivity index (χ1v) is 7.95. The standard InChI is InChI=1S/C15H18N4O2S/c1-16-15-17-10-13(22-15)14(20)18-11-2-4-12(5-3-11)19-6-8-21-9-7-19/h2-5,10H,6-9H2,1H3,(H,16,17)(H,18,20). The lowest BCUT2D eigenvalue weighted by Crippen LogP contribution is -2.36. The predicted molar refractivity (Wildman–Crippen MR) is 89.1 cm³/mol. The average Bonchev–Trinajstić information content (AvgIpc) is 3.06. The number of hydrogen-bond donors (Lipinski definition) is 2. The Balaban J connectivity index is 1.64. The molecule has 1 aromatic heterocycles. The van der Waals surface area contributed by atoms with Gasteiger partial charge >= 0.3 is 0 Å². The second-order valence-electron chi connectivity index (χ2n) is 4.88. The van der Waals surface area contributed by atoms with Crippen molar-refractivity contribution in [2.24, 2.45) is 0 Å². The molecule has 0 aliphatic carbocycles. The normalized spacial score (nSPS) is 14.7. The number of nitrogens with zero attached hydrogens (tertiary/aromatic N) is 2. The molecule has 3 rings (SSSR count). The number of nitrogens with one attached hydrogen (secondary N) is 2. The van der Waals surface area contributed by atoms with Crippen molar-refractivity contribution in [3.05, 3.63) is 35.3 Å². The lowest BCUT2D eigenvalue weighted by molar-refractivity contribution is 0.103. The summed E-state index contributed by atoms with van der Waals surface area (Å²) in [5.41, 5.74) is 1.93. The Morgan fingerprint density at radius 3 is 2.64 bits per heavy atom. The molecule has 0 radical (unpaired) electrons. The van der Waals surface area contributed by atoms with Gasteiger partial charge in [-0.3, -0.25) is 4.79 Å². The largest absolute Gasteiger partial charge is 0.378 e. The van der Waals surface area contributed by atoms with Gasteiger partial charge in [0, 0.05) is 31.5 Å². The number of carbonyl (C=O) groups excluding carboxylic acids is 1. The maximum atomic E-state index is 12.1. The molecule has 1 aliphatic heterocycles. The summed E-state index contributed by atoms with van der Waals surface area (Å²) in [7, 11) is 1.78. The van der Waals surface area contributed by atoms with Crippen LogP contribution < -0.4 is 15.5 Å². The lowest BCUT2D eigenvalue weighted by Gasteiger charge is -2.28. The van der Waals surface area contributed by atoms with Crippen LogP contribution in [0.4, 0.5) is 16.5 Å². The monoisotopic (exact) mass is 318 g/mol. The van der Waals surface area contributed by atoms with E-state index in [1.54, 1.807) is 13.2 Å². The Morgan fingerprint density at radius 1 is 1.27 bits per heavy atom. The number of anilines is 3. The van der Waals surface area contributed by atoms with E-state index in [-0.39, 0.29) is 5.91 Å². The van der Waals surface area contributed by atoms with Gasteiger partial charge in [0.1, 0.15) is 4.88 Å². The third kappa shape index (κ3) is 3.37. The number of thiazole rings is 1. The van der Waals surface area contributed by atoms with Gasteiger partial charge in [-0.1, -0.05) is 11.3 Å². The smallest absolute Gasteiger partial charge is 0.267 e. The summed E-state index contributed by atoms with van der Waals surface area (Å²) >= 11 is 1.33. The molecule has 22 heavy (non-hydrogen) atoms. The first-order chi connectivity index (χ1) is 10.8. The Bertz CT molecular complexity index is 635. The highest BCUT2D eigenvalue weighted by Crippen LogP contribution is 2.21. The summed E-state index contributed by atoms with van der Waals surface area (Å²) in [6.45, 7) is 3.33. The zero-order chi connectivity index (χ0) is 15.4. The fourth-order valence-corrected chi connectivity index (χ4v) is 2.93. The molecule has 2 aromatic rings. The van der Waals surface area contributed by atoms with E-state index in [0.717, 1.165) is 42.8 Å². The van der Waals surface area contributed by atoms with E-state index < -0.39 is 0 Å². The Labute approximate surface area is 133 Å². The minimum Gasteiger partial charge on any atom is -0.378 e. The molecule has 1 fully saturated rings. The summed E-state index contributed by atoms with van der Waals surface area (Å²) in [5, 5.41) is 6.54. The highest BCUT2D eigenvalue weighted by atomic mass is 32.1. The van der Waals surface area contributed by atoms with E-state index in [2.05, 4.69) is 20.5 Å². The highest BCUT2D eigenvalue weighted by Gasteiger charge is 2.12. The number of benzene rings is 1. The molecule has 116 valence electrons. The molecule has 1 saturated heterocycles. The molecule has 0 spiro atoms. The van der Waals surface area contributed by atoms with Crippen LogP contribution in [0.2, 0.25) is 0 Å². The second-order valence-corrected chi connectivity index (χ2v) is 5.91. The fraction of sp³-hybridized carbons (Fsp3) is 0.333. The summed E-state index contributed by atoms with van der Waals surface area (Å²) in [5.74, 6) is -0.141. The van der Waals surface area contributed by atoms with Gasteiger partial charge in [-0.2, -0.15) is 0 Å². The number of rotatable bonds is 4. The van der Waals surface area contributed by atoms with Crippen LogP contribution in [0.15, 0.2) is 30.5 Å². The van der Waals surface area contributed by atoms with Crippen LogP contribution in [0, 0.1) is 0 Å². The van der Waals surface area contributed by atoms with Crippen LogP contribution in [-0.4, -0.2) is 44.2 Å². The molecule has 6 nitrogen and oxygen atoms in total. The molecule has 0 saturated carbocycles. The van der Waals surface area contributed by atoms with E-state index >= 15 is 0 Å². The van der Waals surface area contributed by atoms with Crippen molar-refractivity contribution in [2.45, 2.75) is 0 Å². The summed E-state index contributed by atoms with van der Waals surface area (Å²) in [4.78, 5) is 19.1. The van der Waals surface area contributed by atoms with Gasteiger partial charge in [0.05, 0.1) is 19.4 Å². The van der Waals surface area contributed by atoms with Gasteiger partial charge in [0.2, 0.25) is 0 Å². The molecular formula is C15H18N4O2S. The van der Waals surface area contributed by atoms with Gasteiger partial charge < -0.3 is 20.3 Å². The fourth-order valence-electron chi connectivity index (χ4n) is 2.26. The molecule has 2 heterocycles. The van der Waals surface area contributed by atoms with Gasteiger partial charge in [0.15, 0.2) is 5.13 Å². The number of carbonyl (C=O) groups is 1.